The smallest absolute Gasteiger partial charge is 0.244 e. The number of nitrogens with one attached hydrogen (secondary N) is 3. The number of amides is 1. The van der Waals surface area contributed by atoms with E-state index in [2.05, 4.69) is 15.4 Å². The van der Waals surface area contributed by atoms with E-state index in [1.165, 1.54) is 19.2 Å². The quantitative estimate of drug-likeness (QED) is 0.737. The number of sulfonamides is 1. The molecule has 0 spiro atoms. The summed E-state index contributed by atoms with van der Waals surface area (Å²) in [6, 6.07) is 4.63. The van der Waals surface area contributed by atoms with Crippen molar-refractivity contribution in [1.82, 2.24) is 10.0 Å². The van der Waals surface area contributed by atoms with Crippen molar-refractivity contribution in [1.29, 1.82) is 0 Å². The van der Waals surface area contributed by atoms with Gasteiger partial charge in [-0.25, -0.2) is 13.1 Å². The Balaban J connectivity index is 3.09. The highest BCUT2D eigenvalue weighted by molar-refractivity contribution is 7.89. The van der Waals surface area contributed by atoms with Crippen LogP contribution in [-0.4, -0.2) is 33.5 Å². The number of anilines is 1. The van der Waals surface area contributed by atoms with Crippen molar-refractivity contribution >= 4 is 21.6 Å². The Morgan fingerprint density at radius 2 is 1.90 bits per heavy atom. The Morgan fingerprint density at radius 3 is 2.43 bits per heavy atom. The normalized spacial score (nSPS) is 12.2. The molecule has 0 aromatic heterocycles. The SMILES string of the molecule is CCNC(C)(C)C(=O)Nc1cc(S(=O)(=O)NC)ccc1C. The van der Waals surface area contributed by atoms with Crippen molar-refractivity contribution in [2.45, 2.75) is 38.1 Å². The largest absolute Gasteiger partial charge is 0.324 e. The topological polar surface area (TPSA) is 87.3 Å². The first-order valence-corrected chi connectivity index (χ1v) is 8.23. The van der Waals surface area contributed by atoms with E-state index in [1.807, 2.05) is 13.8 Å². The Hall–Kier alpha value is -1.44. The van der Waals surface area contributed by atoms with Gasteiger partial charge >= 0.3 is 0 Å². The molecular weight excluding hydrogens is 290 g/mol. The summed E-state index contributed by atoms with van der Waals surface area (Å²) in [6.07, 6.45) is 0. The molecule has 3 N–H and O–H groups in total. The number of aryl methyl sites for hydroxylation is 1. The number of carbonyl (C=O) groups is 1. The summed E-state index contributed by atoms with van der Waals surface area (Å²) >= 11 is 0. The van der Waals surface area contributed by atoms with Gasteiger partial charge in [-0.3, -0.25) is 4.79 Å². The molecule has 6 nitrogen and oxygen atoms in total. The van der Waals surface area contributed by atoms with E-state index >= 15 is 0 Å². The molecule has 118 valence electrons. The van der Waals surface area contributed by atoms with Gasteiger partial charge < -0.3 is 10.6 Å². The number of benzene rings is 1. The van der Waals surface area contributed by atoms with Gasteiger partial charge in [0.25, 0.3) is 0 Å². The number of likely N-dealkylation sites (N-methyl/N-ethyl adjacent to an activating group) is 1. The summed E-state index contributed by atoms with van der Waals surface area (Å²) < 4.78 is 25.9. The van der Waals surface area contributed by atoms with E-state index in [9.17, 15) is 13.2 Å². The Morgan fingerprint density at radius 1 is 1.29 bits per heavy atom. The predicted octanol–water partition coefficient (Wildman–Crippen LogP) is 1.23. The van der Waals surface area contributed by atoms with Crippen molar-refractivity contribution < 1.29 is 13.2 Å². The van der Waals surface area contributed by atoms with Crippen molar-refractivity contribution in [3.63, 3.8) is 0 Å². The van der Waals surface area contributed by atoms with E-state index in [-0.39, 0.29) is 10.8 Å². The molecule has 0 bridgehead atoms. The first-order chi connectivity index (χ1) is 9.64. The van der Waals surface area contributed by atoms with Crippen molar-refractivity contribution in [3.8, 4) is 0 Å². The second kappa shape index (κ2) is 6.55. The summed E-state index contributed by atoms with van der Waals surface area (Å²) in [7, 11) is -2.19. The fourth-order valence-electron chi connectivity index (χ4n) is 1.82. The standard InChI is InChI=1S/C14H23N3O3S/c1-6-16-14(3,4)13(18)17-12-9-11(8-7-10(12)2)21(19,20)15-5/h7-9,15-16H,6H2,1-5H3,(H,17,18). The molecular formula is C14H23N3O3S. The molecule has 1 amide bonds. The Labute approximate surface area is 126 Å². The lowest BCUT2D eigenvalue weighted by Gasteiger charge is -2.25. The van der Waals surface area contributed by atoms with E-state index in [0.717, 1.165) is 5.56 Å². The minimum absolute atomic E-state index is 0.118. The van der Waals surface area contributed by atoms with Crippen LogP contribution in [0.4, 0.5) is 5.69 Å². The lowest BCUT2D eigenvalue weighted by Crippen LogP contribution is -2.49. The minimum Gasteiger partial charge on any atom is -0.324 e. The molecule has 0 atom stereocenters. The second-order valence-electron chi connectivity index (χ2n) is 5.29. The minimum atomic E-state index is -3.54. The highest BCUT2D eigenvalue weighted by atomic mass is 32.2. The van der Waals surface area contributed by atoms with Gasteiger partial charge in [0.2, 0.25) is 15.9 Å². The molecule has 21 heavy (non-hydrogen) atoms. The zero-order valence-corrected chi connectivity index (χ0v) is 13.9. The third-order valence-corrected chi connectivity index (χ3v) is 4.63. The highest BCUT2D eigenvalue weighted by Gasteiger charge is 2.26. The monoisotopic (exact) mass is 313 g/mol. The van der Waals surface area contributed by atoms with Gasteiger partial charge in [0, 0.05) is 5.69 Å². The highest BCUT2D eigenvalue weighted by Crippen LogP contribution is 2.21. The van der Waals surface area contributed by atoms with Gasteiger partial charge in [-0.2, -0.15) is 0 Å². The van der Waals surface area contributed by atoms with E-state index in [4.69, 9.17) is 0 Å². The molecule has 0 aliphatic rings. The summed E-state index contributed by atoms with van der Waals surface area (Å²) in [5.74, 6) is -0.216. The zero-order chi connectivity index (χ0) is 16.3. The van der Waals surface area contributed by atoms with Gasteiger partial charge in [-0.05, 0) is 52.1 Å². The molecule has 7 heteroatoms. The maximum Gasteiger partial charge on any atom is 0.244 e. The van der Waals surface area contributed by atoms with Crippen LogP contribution in [0.25, 0.3) is 0 Å². The van der Waals surface area contributed by atoms with Crippen LogP contribution < -0.4 is 15.4 Å². The van der Waals surface area contributed by atoms with Gasteiger partial charge in [-0.1, -0.05) is 13.0 Å². The first kappa shape index (κ1) is 17.6. The van der Waals surface area contributed by atoms with E-state index in [0.29, 0.717) is 12.2 Å². The zero-order valence-electron chi connectivity index (χ0n) is 13.1. The molecule has 1 rings (SSSR count). The molecule has 0 radical (unpaired) electrons. The van der Waals surface area contributed by atoms with Crippen molar-refractivity contribution in [2.75, 3.05) is 18.9 Å². The number of carbonyl (C=O) groups excluding carboxylic acids is 1. The molecule has 0 aliphatic heterocycles. The van der Waals surface area contributed by atoms with Crippen molar-refractivity contribution in [2.24, 2.45) is 0 Å². The van der Waals surface area contributed by atoms with Crippen LogP contribution in [-0.2, 0) is 14.8 Å². The summed E-state index contributed by atoms with van der Waals surface area (Å²) in [5.41, 5.74) is 0.548. The van der Waals surface area contributed by atoms with Gasteiger partial charge in [0.05, 0.1) is 10.4 Å². The maximum atomic E-state index is 12.3. The van der Waals surface area contributed by atoms with Crippen LogP contribution in [0.1, 0.15) is 26.3 Å². The fraction of sp³-hybridized carbons (Fsp3) is 0.500. The van der Waals surface area contributed by atoms with Gasteiger partial charge in [-0.15, -0.1) is 0 Å². The summed E-state index contributed by atoms with van der Waals surface area (Å²) in [6.45, 7) is 7.93. The molecule has 0 saturated heterocycles. The predicted molar refractivity (Wildman–Crippen MR) is 83.8 cm³/mol. The van der Waals surface area contributed by atoms with Crippen LogP contribution in [0.5, 0.6) is 0 Å². The van der Waals surface area contributed by atoms with Gasteiger partial charge in [0.1, 0.15) is 0 Å². The molecule has 0 fully saturated rings. The molecule has 1 aromatic rings. The van der Waals surface area contributed by atoms with Crippen LogP contribution in [0, 0.1) is 6.92 Å². The molecule has 0 aliphatic carbocycles. The summed E-state index contributed by atoms with van der Waals surface area (Å²) in [5, 5.41) is 5.85. The van der Waals surface area contributed by atoms with Crippen LogP contribution in [0.3, 0.4) is 0 Å². The average molecular weight is 313 g/mol. The average Bonchev–Trinajstić information content (AvgIpc) is 2.40. The summed E-state index contributed by atoms with van der Waals surface area (Å²) in [4.78, 5) is 12.4. The van der Waals surface area contributed by atoms with Crippen LogP contribution in [0.15, 0.2) is 23.1 Å². The lowest BCUT2D eigenvalue weighted by molar-refractivity contribution is -0.121. The number of hydrogen-bond acceptors (Lipinski definition) is 4. The maximum absolute atomic E-state index is 12.3. The first-order valence-electron chi connectivity index (χ1n) is 6.74. The molecule has 0 saturated carbocycles. The van der Waals surface area contributed by atoms with Crippen LogP contribution >= 0.6 is 0 Å². The Bertz CT molecular complexity index is 624. The van der Waals surface area contributed by atoms with Crippen molar-refractivity contribution in [3.05, 3.63) is 23.8 Å². The third kappa shape index (κ3) is 4.26. The molecule has 0 heterocycles. The molecule has 0 unspecified atom stereocenters. The van der Waals surface area contributed by atoms with E-state index in [1.54, 1.807) is 19.9 Å². The van der Waals surface area contributed by atoms with Crippen LogP contribution in [0.2, 0.25) is 0 Å². The third-order valence-electron chi connectivity index (χ3n) is 3.22. The molecule has 1 aromatic carbocycles. The fourth-order valence-corrected chi connectivity index (χ4v) is 2.58. The van der Waals surface area contributed by atoms with E-state index < -0.39 is 15.6 Å². The Kier molecular flexibility index (Phi) is 5.49. The van der Waals surface area contributed by atoms with Gasteiger partial charge in [0.15, 0.2) is 0 Å². The number of hydrogen-bond donors (Lipinski definition) is 3. The number of rotatable bonds is 6. The second-order valence-corrected chi connectivity index (χ2v) is 7.18. The lowest BCUT2D eigenvalue weighted by atomic mass is 10.0.